The average Bonchev–Trinajstić information content (AvgIpc) is 2.17. The van der Waals surface area contributed by atoms with Gasteiger partial charge in [-0.05, 0) is 5.56 Å². The summed E-state index contributed by atoms with van der Waals surface area (Å²) in [6, 6.07) is 8.90. The average molecular weight is 235 g/mol. The van der Waals surface area contributed by atoms with Crippen LogP contribution in [0.3, 0.4) is 0 Å². The van der Waals surface area contributed by atoms with E-state index in [0.717, 1.165) is 11.6 Å². The van der Waals surface area contributed by atoms with E-state index >= 15 is 0 Å². The molecule has 15 heavy (non-hydrogen) atoms. The van der Waals surface area contributed by atoms with Crippen molar-refractivity contribution >= 4 is 11.6 Å². The standard InChI is InChI=1S/C11H10ClF3/c1-8(7-10(12)11(13,14)15)9-5-3-2-4-6-9/h2-8H,1H3/b10-7-. The quantitative estimate of drug-likeness (QED) is 0.708. The summed E-state index contributed by atoms with van der Waals surface area (Å²) in [7, 11) is 0. The van der Waals surface area contributed by atoms with E-state index in [1.54, 1.807) is 31.2 Å². The Morgan fingerprint density at radius 2 is 1.80 bits per heavy atom. The maximum Gasteiger partial charge on any atom is 0.426 e. The number of hydrogen-bond acceptors (Lipinski definition) is 0. The Bertz CT molecular complexity index is 341. The molecule has 0 amide bonds. The van der Waals surface area contributed by atoms with Crippen LogP contribution in [0.5, 0.6) is 0 Å². The second kappa shape index (κ2) is 4.71. The Kier molecular flexibility index (Phi) is 3.80. The Morgan fingerprint density at radius 1 is 1.27 bits per heavy atom. The number of alkyl halides is 3. The zero-order chi connectivity index (χ0) is 11.5. The van der Waals surface area contributed by atoms with Crippen molar-refractivity contribution < 1.29 is 13.2 Å². The summed E-state index contributed by atoms with van der Waals surface area (Å²) in [5.74, 6) is -0.347. The van der Waals surface area contributed by atoms with E-state index in [9.17, 15) is 13.2 Å². The van der Waals surface area contributed by atoms with Gasteiger partial charge in [0.2, 0.25) is 0 Å². The molecule has 4 heteroatoms. The van der Waals surface area contributed by atoms with Crippen LogP contribution in [-0.2, 0) is 0 Å². The van der Waals surface area contributed by atoms with Gasteiger partial charge in [-0.3, -0.25) is 0 Å². The molecule has 0 saturated carbocycles. The molecule has 0 fully saturated rings. The lowest BCUT2D eigenvalue weighted by Crippen LogP contribution is -2.08. The SMILES string of the molecule is CC(/C=C(\Cl)C(F)(F)F)c1ccccc1. The first-order valence-corrected chi connectivity index (χ1v) is 4.78. The van der Waals surface area contributed by atoms with Gasteiger partial charge in [0.15, 0.2) is 0 Å². The van der Waals surface area contributed by atoms with E-state index in [1.807, 2.05) is 6.07 Å². The van der Waals surface area contributed by atoms with Crippen molar-refractivity contribution in [3.8, 4) is 0 Å². The molecule has 1 aromatic carbocycles. The van der Waals surface area contributed by atoms with Gasteiger partial charge in [-0.25, -0.2) is 0 Å². The molecule has 0 aliphatic heterocycles. The van der Waals surface area contributed by atoms with Gasteiger partial charge < -0.3 is 0 Å². The van der Waals surface area contributed by atoms with Gasteiger partial charge in [0.25, 0.3) is 0 Å². The Balaban J connectivity index is 2.84. The molecular formula is C11H10ClF3. The molecule has 82 valence electrons. The molecule has 0 heterocycles. The van der Waals surface area contributed by atoms with Crippen molar-refractivity contribution in [1.29, 1.82) is 0 Å². The van der Waals surface area contributed by atoms with Crippen molar-refractivity contribution in [3.05, 3.63) is 47.0 Å². The summed E-state index contributed by atoms with van der Waals surface area (Å²) < 4.78 is 36.4. The first-order chi connectivity index (χ1) is 6.91. The maximum atomic E-state index is 12.1. The zero-order valence-electron chi connectivity index (χ0n) is 8.05. The van der Waals surface area contributed by atoms with Gasteiger partial charge in [-0.2, -0.15) is 13.2 Å². The smallest absolute Gasteiger partial charge is 0.165 e. The predicted octanol–water partition coefficient (Wildman–Crippen LogP) is 4.48. The van der Waals surface area contributed by atoms with E-state index in [0.29, 0.717) is 0 Å². The molecule has 1 aromatic rings. The Morgan fingerprint density at radius 3 is 2.27 bits per heavy atom. The summed E-state index contributed by atoms with van der Waals surface area (Å²) >= 11 is 5.14. The van der Waals surface area contributed by atoms with Crippen LogP contribution in [-0.4, -0.2) is 6.18 Å². The Hall–Kier alpha value is -0.960. The summed E-state index contributed by atoms with van der Waals surface area (Å²) in [5, 5.41) is -1.07. The van der Waals surface area contributed by atoms with E-state index in [4.69, 9.17) is 11.6 Å². The molecule has 0 aromatic heterocycles. The first kappa shape index (κ1) is 12.1. The number of halogens is 4. The van der Waals surface area contributed by atoms with Gasteiger partial charge in [-0.15, -0.1) is 0 Å². The highest BCUT2D eigenvalue weighted by atomic mass is 35.5. The van der Waals surface area contributed by atoms with Gasteiger partial charge in [-0.1, -0.05) is 54.9 Å². The third kappa shape index (κ3) is 3.59. The largest absolute Gasteiger partial charge is 0.426 e. The maximum absolute atomic E-state index is 12.1. The summed E-state index contributed by atoms with van der Waals surface area (Å²) in [6.45, 7) is 1.67. The zero-order valence-corrected chi connectivity index (χ0v) is 8.81. The molecule has 0 spiro atoms. The number of allylic oxidation sites excluding steroid dienone is 2. The minimum atomic E-state index is -4.45. The van der Waals surface area contributed by atoms with Gasteiger partial charge >= 0.3 is 6.18 Å². The van der Waals surface area contributed by atoms with Crippen LogP contribution in [0, 0.1) is 0 Å². The van der Waals surface area contributed by atoms with Crippen LogP contribution in [0.2, 0.25) is 0 Å². The van der Waals surface area contributed by atoms with Crippen LogP contribution >= 0.6 is 11.6 Å². The van der Waals surface area contributed by atoms with Crippen molar-refractivity contribution in [2.24, 2.45) is 0 Å². The van der Waals surface area contributed by atoms with Crippen LogP contribution in [0.25, 0.3) is 0 Å². The topological polar surface area (TPSA) is 0 Å². The third-order valence-electron chi connectivity index (χ3n) is 1.99. The first-order valence-electron chi connectivity index (χ1n) is 4.40. The second-order valence-corrected chi connectivity index (χ2v) is 3.62. The molecule has 1 unspecified atom stereocenters. The van der Waals surface area contributed by atoms with E-state index in [-0.39, 0.29) is 5.92 Å². The van der Waals surface area contributed by atoms with Crippen LogP contribution in [0.4, 0.5) is 13.2 Å². The molecule has 0 bridgehead atoms. The molecule has 0 nitrogen and oxygen atoms in total. The molecule has 0 saturated heterocycles. The Labute approximate surface area is 91.4 Å². The summed E-state index contributed by atoms with van der Waals surface area (Å²) in [5.41, 5.74) is 0.805. The fourth-order valence-electron chi connectivity index (χ4n) is 1.17. The van der Waals surface area contributed by atoms with Crippen LogP contribution in [0.15, 0.2) is 41.4 Å². The van der Waals surface area contributed by atoms with Crippen molar-refractivity contribution in [1.82, 2.24) is 0 Å². The fourth-order valence-corrected chi connectivity index (χ4v) is 1.36. The van der Waals surface area contributed by atoms with E-state index < -0.39 is 11.2 Å². The van der Waals surface area contributed by atoms with Crippen molar-refractivity contribution in [3.63, 3.8) is 0 Å². The minimum Gasteiger partial charge on any atom is -0.165 e. The molecule has 1 atom stereocenters. The monoisotopic (exact) mass is 234 g/mol. The molecule has 0 aliphatic carbocycles. The van der Waals surface area contributed by atoms with Gasteiger partial charge in [0.1, 0.15) is 5.03 Å². The normalized spacial score (nSPS) is 15.1. The summed E-state index contributed by atoms with van der Waals surface area (Å²) in [4.78, 5) is 0. The molecule has 0 N–H and O–H groups in total. The minimum absolute atomic E-state index is 0.347. The fraction of sp³-hybridized carbons (Fsp3) is 0.273. The number of hydrogen-bond donors (Lipinski definition) is 0. The lowest BCUT2D eigenvalue weighted by Gasteiger charge is -2.09. The lowest BCUT2D eigenvalue weighted by molar-refractivity contribution is -0.0848. The number of benzene rings is 1. The highest BCUT2D eigenvalue weighted by Crippen LogP contribution is 2.31. The highest BCUT2D eigenvalue weighted by molar-refractivity contribution is 6.30. The van der Waals surface area contributed by atoms with Crippen LogP contribution < -0.4 is 0 Å². The lowest BCUT2D eigenvalue weighted by atomic mass is 10.0. The third-order valence-corrected chi connectivity index (χ3v) is 2.33. The van der Waals surface area contributed by atoms with Crippen molar-refractivity contribution in [2.75, 3.05) is 0 Å². The molecule has 0 radical (unpaired) electrons. The van der Waals surface area contributed by atoms with Crippen LogP contribution in [0.1, 0.15) is 18.4 Å². The van der Waals surface area contributed by atoms with E-state index in [1.165, 1.54) is 0 Å². The number of rotatable bonds is 2. The molecule has 0 aliphatic rings. The highest BCUT2D eigenvalue weighted by Gasteiger charge is 2.32. The van der Waals surface area contributed by atoms with Crippen molar-refractivity contribution in [2.45, 2.75) is 19.0 Å². The predicted molar refractivity (Wildman–Crippen MR) is 54.8 cm³/mol. The molecule has 1 rings (SSSR count). The molecular weight excluding hydrogens is 225 g/mol. The van der Waals surface area contributed by atoms with Gasteiger partial charge in [0, 0.05) is 5.92 Å². The van der Waals surface area contributed by atoms with Gasteiger partial charge in [0.05, 0.1) is 0 Å². The second-order valence-electron chi connectivity index (χ2n) is 3.21. The summed E-state index contributed by atoms with van der Waals surface area (Å²) in [6.07, 6.45) is -3.44. The van der Waals surface area contributed by atoms with E-state index in [2.05, 4.69) is 0 Å².